The van der Waals surface area contributed by atoms with Gasteiger partial charge in [0.1, 0.15) is 0 Å². The van der Waals surface area contributed by atoms with Crippen LogP contribution in [-0.4, -0.2) is 6.26 Å². The smallest absolute Gasteiger partial charge is 0.166 e. The van der Waals surface area contributed by atoms with Crippen LogP contribution in [0.2, 0.25) is 0 Å². The third-order valence-electron chi connectivity index (χ3n) is 6.08. The van der Waals surface area contributed by atoms with E-state index in [2.05, 4.69) is 0 Å². The highest BCUT2D eigenvalue weighted by atomic mass is 32.3. The maximum atomic E-state index is 13.7. The Morgan fingerprint density at radius 3 is 0.923 bits per heavy atom. The van der Waals surface area contributed by atoms with Crippen LogP contribution in [0.3, 0.4) is 0 Å². The molecule has 3 aromatic rings. The second-order valence-corrected chi connectivity index (χ2v) is 12.3. The van der Waals surface area contributed by atoms with Crippen LogP contribution in [0.4, 0.5) is 52.7 Å². The van der Waals surface area contributed by atoms with Gasteiger partial charge in [-0.05, 0) is 84.3 Å². The zero-order valence-corrected chi connectivity index (χ0v) is 21.4. The number of alkyl halides is 12. The van der Waals surface area contributed by atoms with E-state index >= 15 is 0 Å². The first kappa shape index (κ1) is 30.7. The molecule has 3 rings (SSSR count). The van der Waals surface area contributed by atoms with Gasteiger partial charge in [-0.2, -0.15) is 62.7 Å². The predicted molar refractivity (Wildman–Crippen MR) is 122 cm³/mol. The lowest BCUT2D eigenvalue weighted by atomic mass is 10.1. The van der Waals surface area contributed by atoms with Gasteiger partial charge >= 0.3 is 24.7 Å². The topological polar surface area (TPSA) is 0 Å². The molecule has 0 atom stereocenters. The van der Waals surface area contributed by atoms with Crippen LogP contribution in [0, 0.1) is 20.8 Å². The molecule has 0 amide bonds. The second-order valence-electron chi connectivity index (χ2n) is 9.13. The van der Waals surface area contributed by atoms with Gasteiger partial charge in [0.15, 0.2) is 0 Å². The highest BCUT2D eigenvalue weighted by Crippen LogP contribution is 2.69. The van der Waals surface area contributed by atoms with E-state index in [1.807, 2.05) is 0 Å². The first-order valence-electron chi connectivity index (χ1n) is 10.9. The molecule has 0 unspecified atom stereocenters. The molecule has 3 aromatic carbocycles. The number of hydrogen-bond donors (Lipinski definition) is 0. The molecule has 0 saturated carbocycles. The van der Waals surface area contributed by atoms with Crippen molar-refractivity contribution in [2.24, 2.45) is 0 Å². The highest BCUT2D eigenvalue weighted by Gasteiger charge is 2.42. The first-order chi connectivity index (χ1) is 17.5. The van der Waals surface area contributed by atoms with Gasteiger partial charge in [-0.25, -0.2) is 0 Å². The molecule has 0 aromatic heterocycles. The normalized spacial score (nSPS) is 14.1. The van der Waals surface area contributed by atoms with E-state index in [0.29, 0.717) is 29.8 Å². The van der Waals surface area contributed by atoms with Crippen LogP contribution in [0.5, 0.6) is 0 Å². The van der Waals surface area contributed by atoms with Gasteiger partial charge in [0, 0.05) is 4.90 Å². The van der Waals surface area contributed by atoms with Gasteiger partial charge in [0.25, 0.3) is 0 Å². The van der Waals surface area contributed by atoms with E-state index in [0.717, 1.165) is 6.26 Å². The summed E-state index contributed by atoms with van der Waals surface area (Å²) in [5.74, 6) is 0. The monoisotopic (exact) mass is 592 g/mol. The molecule has 0 radical (unpaired) electrons. The minimum atomic E-state index is -5.29. The van der Waals surface area contributed by atoms with Gasteiger partial charge in [0.05, 0.1) is 22.3 Å². The largest absolute Gasteiger partial charge is 0.416 e. The van der Waals surface area contributed by atoms with Crippen molar-refractivity contribution in [2.75, 3.05) is 6.26 Å². The third kappa shape index (κ3) is 6.17. The molecule has 0 N–H and O–H groups in total. The average molecular weight is 592 g/mol. The average Bonchev–Trinajstić information content (AvgIpc) is 2.75. The third-order valence-corrected chi connectivity index (χ3v) is 9.90. The van der Waals surface area contributed by atoms with Crippen molar-refractivity contribution in [3.63, 3.8) is 0 Å². The summed E-state index contributed by atoms with van der Waals surface area (Å²) in [6, 6.07) is 4.15. The molecule has 39 heavy (non-hydrogen) atoms. The Bertz CT molecular complexity index is 1230. The lowest BCUT2D eigenvalue weighted by molar-refractivity contribution is -0.144. The zero-order valence-electron chi connectivity index (χ0n) is 20.6. The lowest BCUT2D eigenvalue weighted by Gasteiger charge is -2.41. The van der Waals surface area contributed by atoms with Crippen LogP contribution in [-0.2, 0) is 24.7 Å². The molecule has 214 valence electrons. The van der Waals surface area contributed by atoms with Gasteiger partial charge in [0.2, 0.25) is 0 Å². The number of halogens is 12. The summed E-state index contributed by atoms with van der Waals surface area (Å²) in [6.07, 6.45) is -20.1. The molecule has 13 heteroatoms. The number of benzene rings is 3. The van der Waals surface area contributed by atoms with Crippen LogP contribution < -0.4 is 0 Å². The summed E-state index contributed by atoms with van der Waals surface area (Å²) in [5, 5.41) is 0. The Labute approximate surface area is 217 Å². The lowest BCUT2D eigenvalue weighted by Crippen LogP contribution is -2.16. The van der Waals surface area contributed by atoms with E-state index in [4.69, 9.17) is 0 Å². The van der Waals surface area contributed by atoms with Crippen LogP contribution in [0.15, 0.2) is 63.2 Å². The van der Waals surface area contributed by atoms with Crippen molar-refractivity contribution in [1.29, 1.82) is 0 Å². The van der Waals surface area contributed by atoms with Crippen LogP contribution >= 0.6 is 10.0 Å². The molecule has 0 aliphatic carbocycles. The molecule has 0 fully saturated rings. The Morgan fingerprint density at radius 2 is 0.692 bits per heavy atom. The van der Waals surface area contributed by atoms with E-state index in [1.54, 1.807) is 6.92 Å². The Hall–Kier alpha value is -2.83. The summed E-state index contributed by atoms with van der Waals surface area (Å²) >= 11 is 0. The number of aryl methyl sites for hydroxylation is 3. The van der Waals surface area contributed by atoms with E-state index < -0.39 is 66.8 Å². The summed E-state index contributed by atoms with van der Waals surface area (Å²) < 4.78 is 165. The quantitative estimate of drug-likeness (QED) is 0.266. The van der Waals surface area contributed by atoms with E-state index in [-0.39, 0.29) is 28.2 Å². The van der Waals surface area contributed by atoms with Crippen molar-refractivity contribution in [3.8, 4) is 0 Å². The molecule has 0 nitrogen and oxygen atoms in total. The van der Waals surface area contributed by atoms with Gasteiger partial charge in [-0.1, -0.05) is 17.7 Å². The zero-order chi connectivity index (χ0) is 29.9. The Morgan fingerprint density at radius 1 is 0.436 bits per heavy atom. The van der Waals surface area contributed by atoms with E-state index in [1.165, 1.54) is 26.0 Å². The van der Waals surface area contributed by atoms with Crippen LogP contribution in [0.25, 0.3) is 0 Å². The summed E-state index contributed by atoms with van der Waals surface area (Å²) in [6.45, 7) is 4.52. The highest BCUT2D eigenvalue weighted by molar-refractivity contribution is 8.33. The molecular formula is C26H20F12S. The standard InChI is InChI=1S/C26H20F12S/c1-13-5-14(2)22(15(3)6-13)39(4,20-9-16(23(27,28)29)7-17(10-20)24(30,31)32)21-11-18(25(33,34)35)8-19(12-21)26(36,37)38/h5-12H,1-4H3. The van der Waals surface area contributed by atoms with Gasteiger partial charge in [-0.3, -0.25) is 0 Å². The van der Waals surface area contributed by atoms with Crippen molar-refractivity contribution < 1.29 is 52.7 Å². The predicted octanol–water partition coefficient (Wildman–Crippen LogP) is 10.6. The Kier molecular flexibility index (Phi) is 7.61. The fourth-order valence-electron chi connectivity index (χ4n) is 4.51. The maximum absolute atomic E-state index is 13.7. The van der Waals surface area contributed by atoms with Gasteiger partial charge in [-0.15, -0.1) is 0 Å². The molecule has 0 spiro atoms. The first-order valence-corrected chi connectivity index (χ1v) is 12.9. The molecular weight excluding hydrogens is 572 g/mol. The molecule has 0 heterocycles. The molecule has 0 aliphatic rings. The summed E-state index contributed by atoms with van der Waals surface area (Å²) in [5.41, 5.74) is -5.78. The second kappa shape index (κ2) is 9.67. The van der Waals surface area contributed by atoms with Crippen molar-refractivity contribution in [3.05, 3.63) is 87.5 Å². The van der Waals surface area contributed by atoms with Crippen molar-refractivity contribution in [1.82, 2.24) is 0 Å². The minimum absolute atomic E-state index is 0.0491. The summed E-state index contributed by atoms with van der Waals surface area (Å²) in [4.78, 5) is -1.35. The molecule has 0 saturated heterocycles. The number of rotatable bonds is 3. The fraction of sp³-hybridized carbons (Fsp3) is 0.308. The SMILES string of the molecule is Cc1cc(C)c(S(C)(c2cc(C(F)(F)F)cc(C(F)(F)F)c2)c2cc(C(F)(F)F)cc(C(F)(F)F)c2)c(C)c1. The minimum Gasteiger partial charge on any atom is -0.166 e. The van der Waals surface area contributed by atoms with Crippen molar-refractivity contribution >= 4 is 10.0 Å². The Balaban J connectivity index is 2.61. The van der Waals surface area contributed by atoms with Crippen LogP contribution in [0.1, 0.15) is 38.9 Å². The van der Waals surface area contributed by atoms with Crippen molar-refractivity contribution in [2.45, 2.75) is 60.2 Å². The van der Waals surface area contributed by atoms with E-state index in [9.17, 15) is 52.7 Å². The maximum Gasteiger partial charge on any atom is 0.416 e. The summed E-state index contributed by atoms with van der Waals surface area (Å²) in [7, 11) is -3.58. The van der Waals surface area contributed by atoms with Gasteiger partial charge < -0.3 is 0 Å². The molecule has 0 aliphatic heterocycles. The number of hydrogen-bond acceptors (Lipinski definition) is 0. The fourth-order valence-corrected chi connectivity index (χ4v) is 8.11. The molecule has 0 bridgehead atoms.